The summed E-state index contributed by atoms with van der Waals surface area (Å²) in [5.74, 6) is -1.65. The van der Waals surface area contributed by atoms with E-state index in [2.05, 4.69) is 0 Å². The summed E-state index contributed by atoms with van der Waals surface area (Å²) in [6, 6.07) is 4.50. The predicted molar refractivity (Wildman–Crippen MR) is 76.1 cm³/mol. The van der Waals surface area contributed by atoms with Crippen LogP contribution in [-0.2, 0) is 9.59 Å². The van der Waals surface area contributed by atoms with Crippen LogP contribution in [0, 0.1) is 18.8 Å². The summed E-state index contributed by atoms with van der Waals surface area (Å²) in [7, 11) is 0. The second-order valence-corrected chi connectivity index (χ2v) is 5.82. The van der Waals surface area contributed by atoms with Crippen LogP contribution in [0.3, 0.4) is 0 Å². The maximum absolute atomic E-state index is 12.5. The number of hydrogen-bond acceptors (Lipinski definition) is 3. The first-order chi connectivity index (χ1) is 10.0. The lowest BCUT2D eigenvalue weighted by Gasteiger charge is -2.19. The molecule has 1 saturated carbocycles. The van der Waals surface area contributed by atoms with Crippen LogP contribution in [0.25, 0.3) is 0 Å². The van der Waals surface area contributed by atoms with Crippen molar-refractivity contribution < 1.29 is 19.5 Å². The minimum atomic E-state index is -1.02. The topological polar surface area (TPSA) is 74.7 Å². The molecule has 1 saturated heterocycles. The molecular formula is C16H17NO4. The molecule has 0 radical (unpaired) electrons. The fourth-order valence-corrected chi connectivity index (χ4v) is 3.44. The molecule has 2 amide bonds. The maximum atomic E-state index is 12.5. The molecule has 0 bridgehead atoms. The summed E-state index contributed by atoms with van der Waals surface area (Å²) in [5.41, 5.74) is 1.31. The van der Waals surface area contributed by atoms with Gasteiger partial charge in [-0.3, -0.25) is 9.59 Å². The number of aryl methyl sites for hydroxylation is 1. The molecular weight excluding hydrogens is 270 g/mol. The molecule has 2 unspecified atom stereocenters. The van der Waals surface area contributed by atoms with E-state index >= 15 is 0 Å². The first-order valence-corrected chi connectivity index (χ1v) is 7.22. The number of aromatic carboxylic acids is 1. The Morgan fingerprint density at radius 3 is 2.19 bits per heavy atom. The van der Waals surface area contributed by atoms with Crippen molar-refractivity contribution in [2.45, 2.75) is 32.6 Å². The SMILES string of the molecule is Cc1cc(C(=O)O)ccc1N1C(=O)C2CCCCC2C1=O. The third-order valence-corrected chi connectivity index (χ3v) is 4.53. The Morgan fingerprint density at radius 1 is 1.14 bits per heavy atom. The predicted octanol–water partition coefficient (Wildman–Crippen LogP) is 2.37. The van der Waals surface area contributed by atoms with Gasteiger partial charge in [-0.25, -0.2) is 9.69 Å². The number of fused-ring (bicyclic) bond motifs is 1. The van der Waals surface area contributed by atoms with Gasteiger partial charge in [0.1, 0.15) is 0 Å². The Bertz CT molecular complexity index is 613. The van der Waals surface area contributed by atoms with E-state index in [4.69, 9.17) is 5.11 Å². The summed E-state index contributed by atoms with van der Waals surface area (Å²) in [5, 5.41) is 8.99. The second kappa shape index (κ2) is 4.98. The highest BCUT2D eigenvalue weighted by Crippen LogP contribution is 2.40. The summed E-state index contributed by atoms with van der Waals surface area (Å²) >= 11 is 0. The van der Waals surface area contributed by atoms with E-state index in [1.807, 2.05) is 0 Å². The van der Waals surface area contributed by atoms with E-state index in [-0.39, 0.29) is 29.2 Å². The van der Waals surface area contributed by atoms with Crippen molar-refractivity contribution >= 4 is 23.5 Å². The van der Waals surface area contributed by atoms with Gasteiger partial charge in [-0.15, -0.1) is 0 Å². The molecule has 2 aliphatic rings. The number of rotatable bonds is 2. The Labute approximate surface area is 122 Å². The van der Waals surface area contributed by atoms with Gasteiger partial charge in [-0.2, -0.15) is 0 Å². The maximum Gasteiger partial charge on any atom is 0.335 e. The zero-order chi connectivity index (χ0) is 15.1. The molecule has 1 aliphatic heterocycles. The third kappa shape index (κ3) is 2.13. The Balaban J connectivity index is 1.98. The first-order valence-electron chi connectivity index (χ1n) is 7.22. The first kappa shape index (κ1) is 13.8. The molecule has 0 aromatic heterocycles. The number of imide groups is 1. The van der Waals surface area contributed by atoms with Gasteiger partial charge < -0.3 is 5.11 Å². The molecule has 5 nitrogen and oxygen atoms in total. The molecule has 1 aromatic carbocycles. The summed E-state index contributed by atoms with van der Waals surface area (Å²) in [4.78, 5) is 37.3. The van der Waals surface area contributed by atoms with Crippen LogP contribution >= 0.6 is 0 Å². The zero-order valence-electron chi connectivity index (χ0n) is 11.8. The molecule has 21 heavy (non-hydrogen) atoms. The van der Waals surface area contributed by atoms with Crippen LogP contribution in [0.4, 0.5) is 5.69 Å². The molecule has 1 aromatic rings. The van der Waals surface area contributed by atoms with E-state index in [0.717, 1.165) is 25.7 Å². The average Bonchev–Trinajstić information content (AvgIpc) is 2.72. The van der Waals surface area contributed by atoms with Gasteiger partial charge >= 0.3 is 5.97 Å². The number of nitrogens with zero attached hydrogens (tertiary/aromatic N) is 1. The Hall–Kier alpha value is -2.17. The van der Waals surface area contributed by atoms with Crippen LogP contribution in [-0.4, -0.2) is 22.9 Å². The van der Waals surface area contributed by atoms with Crippen molar-refractivity contribution in [3.63, 3.8) is 0 Å². The van der Waals surface area contributed by atoms with E-state index in [0.29, 0.717) is 11.3 Å². The molecule has 2 fully saturated rings. The summed E-state index contributed by atoms with van der Waals surface area (Å²) < 4.78 is 0. The van der Waals surface area contributed by atoms with Gasteiger partial charge in [0.25, 0.3) is 0 Å². The van der Waals surface area contributed by atoms with Crippen LogP contribution in [0.15, 0.2) is 18.2 Å². The fourth-order valence-electron chi connectivity index (χ4n) is 3.44. The molecule has 0 spiro atoms. The summed E-state index contributed by atoms with van der Waals surface area (Å²) in [6.45, 7) is 1.73. The number of carbonyl (C=O) groups excluding carboxylic acids is 2. The Kier molecular flexibility index (Phi) is 3.27. The average molecular weight is 287 g/mol. The highest BCUT2D eigenvalue weighted by molar-refractivity contribution is 6.22. The minimum Gasteiger partial charge on any atom is -0.478 e. The van der Waals surface area contributed by atoms with Gasteiger partial charge in [0.15, 0.2) is 0 Å². The van der Waals surface area contributed by atoms with Crippen molar-refractivity contribution in [3.8, 4) is 0 Å². The van der Waals surface area contributed by atoms with Gasteiger partial charge in [0, 0.05) is 0 Å². The number of benzene rings is 1. The van der Waals surface area contributed by atoms with Crippen LogP contribution in [0.1, 0.15) is 41.6 Å². The molecule has 1 aliphatic carbocycles. The van der Waals surface area contributed by atoms with Crippen LogP contribution in [0.5, 0.6) is 0 Å². The lowest BCUT2D eigenvalue weighted by atomic mass is 9.81. The Morgan fingerprint density at radius 2 is 1.71 bits per heavy atom. The molecule has 5 heteroatoms. The second-order valence-electron chi connectivity index (χ2n) is 5.82. The number of carboxylic acid groups (broad SMARTS) is 1. The largest absolute Gasteiger partial charge is 0.478 e. The highest BCUT2D eigenvalue weighted by atomic mass is 16.4. The van der Waals surface area contributed by atoms with Crippen LogP contribution < -0.4 is 4.90 Å². The highest BCUT2D eigenvalue weighted by Gasteiger charge is 2.48. The van der Waals surface area contributed by atoms with Gasteiger partial charge in [0.2, 0.25) is 11.8 Å². The van der Waals surface area contributed by atoms with E-state index < -0.39 is 5.97 Å². The van der Waals surface area contributed by atoms with Crippen LogP contribution in [0.2, 0.25) is 0 Å². The molecule has 1 N–H and O–H groups in total. The quantitative estimate of drug-likeness (QED) is 0.847. The van der Waals surface area contributed by atoms with Crippen molar-refractivity contribution in [1.29, 1.82) is 0 Å². The van der Waals surface area contributed by atoms with Crippen molar-refractivity contribution in [2.75, 3.05) is 4.90 Å². The van der Waals surface area contributed by atoms with E-state index in [9.17, 15) is 14.4 Å². The molecule has 1 heterocycles. The number of amides is 2. The number of carboxylic acids is 1. The third-order valence-electron chi connectivity index (χ3n) is 4.53. The smallest absolute Gasteiger partial charge is 0.335 e. The number of carbonyl (C=O) groups is 3. The normalized spacial score (nSPS) is 25.1. The van der Waals surface area contributed by atoms with E-state index in [1.54, 1.807) is 13.0 Å². The lowest BCUT2D eigenvalue weighted by Crippen LogP contribution is -2.31. The number of anilines is 1. The standard InChI is InChI=1S/C16H17NO4/c1-9-8-10(16(20)21)6-7-13(9)17-14(18)11-4-2-3-5-12(11)15(17)19/h6-8,11-12H,2-5H2,1H3,(H,20,21). The zero-order valence-corrected chi connectivity index (χ0v) is 11.8. The van der Waals surface area contributed by atoms with E-state index in [1.165, 1.54) is 17.0 Å². The number of hydrogen-bond donors (Lipinski definition) is 1. The fraction of sp³-hybridized carbons (Fsp3) is 0.438. The van der Waals surface area contributed by atoms with Crippen molar-refractivity contribution in [3.05, 3.63) is 29.3 Å². The molecule has 2 atom stereocenters. The van der Waals surface area contributed by atoms with Crippen molar-refractivity contribution in [1.82, 2.24) is 0 Å². The molecule has 110 valence electrons. The van der Waals surface area contributed by atoms with Crippen molar-refractivity contribution in [2.24, 2.45) is 11.8 Å². The minimum absolute atomic E-state index is 0.129. The monoisotopic (exact) mass is 287 g/mol. The lowest BCUT2D eigenvalue weighted by molar-refractivity contribution is -0.122. The van der Waals surface area contributed by atoms with Gasteiger partial charge in [-0.1, -0.05) is 12.8 Å². The van der Waals surface area contributed by atoms with Gasteiger partial charge in [-0.05, 0) is 43.5 Å². The van der Waals surface area contributed by atoms with Gasteiger partial charge in [0.05, 0.1) is 23.1 Å². The molecule has 3 rings (SSSR count). The summed E-state index contributed by atoms with van der Waals surface area (Å²) in [6.07, 6.45) is 3.53.